The molecule has 18 heavy (non-hydrogen) atoms. The fraction of sp³-hybridized carbons (Fsp3) is 0.500. The Labute approximate surface area is 113 Å². The van der Waals surface area contributed by atoms with E-state index >= 15 is 0 Å². The van der Waals surface area contributed by atoms with Gasteiger partial charge in [0.15, 0.2) is 5.96 Å². The topological polar surface area (TPSA) is 50.4 Å². The van der Waals surface area contributed by atoms with E-state index < -0.39 is 0 Å². The molecule has 0 saturated heterocycles. The van der Waals surface area contributed by atoms with Crippen LogP contribution in [0.3, 0.4) is 0 Å². The van der Waals surface area contributed by atoms with Gasteiger partial charge in [-0.25, -0.2) is 0 Å². The molecule has 0 aliphatic heterocycles. The lowest BCUT2D eigenvalue weighted by Gasteiger charge is -2.24. The van der Waals surface area contributed by atoms with Crippen LogP contribution in [0.15, 0.2) is 35.3 Å². The smallest absolute Gasteiger partial charge is 0.193 e. The number of rotatable bonds is 4. The van der Waals surface area contributed by atoms with Crippen molar-refractivity contribution in [2.45, 2.75) is 30.4 Å². The van der Waals surface area contributed by atoms with E-state index in [1.807, 2.05) is 42.1 Å². The van der Waals surface area contributed by atoms with Crippen molar-refractivity contribution < 1.29 is 0 Å². The normalized spacial score (nSPS) is 18.8. The average Bonchev–Trinajstić information content (AvgIpc) is 2.87. The maximum atomic E-state index is 5.93. The van der Waals surface area contributed by atoms with Crippen molar-refractivity contribution in [3.05, 3.63) is 30.3 Å². The fourth-order valence-electron chi connectivity index (χ4n) is 2.38. The maximum absolute atomic E-state index is 5.93. The zero-order chi connectivity index (χ0) is 12.8. The first kappa shape index (κ1) is 13.3. The van der Waals surface area contributed by atoms with Crippen LogP contribution in [0.5, 0.6) is 0 Å². The summed E-state index contributed by atoms with van der Waals surface area (Å²) in [5, 5.41) is 3.13. The number of anilines is 1. The molecule has 0 bridgehead atoms. The Morgan fingerprint density at radius 3 is 2.61 bits per heavy atom. The standard InChI is InChI=1S/C14H21N3S/c1-18-14(9-5-6-10-14)11-16-13(15)17-12-7-3-2-4-8-12/h2-4,7-8H,5-6,9-11H2,1H3,(H3,15,16,17). The minimum Gasteiger partial charge on any atom is -0.370 e. The summed E-state index contributed by atoms with van der Waals surface area (Å²) >= 11 is 1.94. The van der Waals surface area contributed by atoms with Crippen LogP contribution in [0.4, 0.5) is 5.69 Å². The molecule has 0 heterocycles. The number of para-hydroxylation sites is 1. The molecule has 1 aliphatic rings. The zero-order valence-electron chi connectivity index (χ0n) is 10.9. The van der Waals surface area contributed by atoms with E-state index in [-0.39, 0.29) is 0 Å². The minimum atomic E-state index is 0.322. The van der Waals surface area contributed by atoms with Crippen molar-refractivity contribution in [2.24, 2.45) is 10.7 Å². The third-order valence-electron chi connectivity index (χ3n) is 3.53. The average molecular weight is 263 g/mol. The summed E-state index contributed by atoms with van der Waals surface area (Å²) in [6.07, 6.45) is 7.35. The first-order chi connectivity index (χ1) is 8.74. The highest BCUT2D eigenvalue weighted by molar-refractivity contribution is 8.00. The number of nitrogens with two attached hydrogens (primary N) is 1. The van der Waals surface area contributed by atoms with Gasteiger partial charge in [-0.2, -0.15) is 11.8 Å². The molecular weight excluding hydrogens is 242 g/mol. The van der Waals surface area contributed by atoms with E-state index in [0.29, 0.717) is 10.7 Å². The first-order valence-electron chi connectivity index (χ1n) is 6.41. The van der Waals surface area contributed by atoms with Crippen molar-refractivity contribution >= 4 is 23.4 Å². The van der Waals surface area contributed by atoms with Crippen LogP contribution in [0.1, 0.15) is 25.7 Å². The van der Waals surface area contributed by atoms with Crippen molar-refractivity contribution in [1.29, 1.82) is 0 Å². The van der Waals surface area contributed by atoms with Gasteiger partial charge < -0.3 is 11.1 Å². The third kappa shape index (κ3) is 3.42. The van der Waals surface area contributed by atoms with E-state index in [4.69, 9.17) is 5.73 Å². The van der Waals surface area contributed by atoms with E-state index in [0.717, 1.165) is 12.2 Å². The van der Waals surface area contributed by atoms with Gasteiger partial charge in [0.25, 0.3) is 0 Å². The van der Waals surface area contributed by atoms with Gasteiger partial charge in [-0.15, -0.1) is 0 Å². The van der Waals surface area contributed by atoms with Crippen LogP contribution in [0, 0.1) is 0 Å². The number of aliphatic imine (C=N–C) groups is 1. The van der Waals surface area contributed by atoms with E-state index in [1.165, 1.54) is 25.7 Å². The van der Waals surface area contributed by atoms with E-state index in [1.54, 1.807) is 0 Å². The van der Waals surface area contributed by atoms with Crippen molar-refractivity contribution in [3.8, 4) is 0 Å². The fourth-order valence-corrected chi connectivity index (χ4v) is 3.27. The number of nitrogens with one attached hydrogen (secondary N) is 1. The van der Waals surface area contributed by atoms with Crippen molar-refractivity contribution in [2.75, 3.05) is 18.1 Å². The predicted molar refractivity (Wildman–Crippen MR) is 81.3 cm³/mol. The molecule has 0 aromatic heterocycles. The first-order valence-corrected chi connectivity index (χ1v) is 7.64. The molecule has 98 valence electrons. The molecule has 0 spiro atoms. The third-order valence-corrected chi connectivity index (χ3v) is 4.93. The quantitative estimate of drug-likeness (QED) is 0.648. The number of thioether (sulfide) groups is 1. The lowest BCUT2D eigenvalue weighted by molar-refractivity contribution is 0.622. The van der Waals surface area contributed by atoms with Gasteiger partial charge in [0, 0.05) is 10.4 Å². The van der Waals surface area contributed by atoms with E-state index in [9.17, 15) is 0 Å². The van der Waals surface area contributed by atoms with Crippen LogP contribution in [0.2, 0.25) is 0 Å². The Morgan fingerprint density at radius 2 is 2.00 bits per heavy atom. The molecule has 0 unspecified atom stereocenters. The second-order valence-electron chi connectivity index (χ2n) is 4.79. The summed E-state index contributed by atoms with van der Waals surface area (Å²) in [4.78, 5) is 4.51. The lowest BCUT2D eigenvalue weighted by atomic mass is 10.1. The molecule has 0 radical (unpaired) electrons. The Bertz CT molecular complexity index is 397. The summed E-state index contributed by atoms with van der Waals surface area (Å²) < 4.78 is 0.322. The summed E-state index contributed by atoms with van der Waals surface area (Å²) in [6, 6.07) is 9.93. The molecule has 0 amide bonds. The van der Waals surface area contributed by atoms with E-state index in [2.05, 4.69) is 16.6 Å². The number of guanidine groups is 1. The highest BCUT2D eigenvalue weighted by Crippen LogP contribution is 2.40. The SMILES string of the molecule is CSC1(CN=C(N)Nc2ccccc2)CCCC1. The van der Waals surface area contributed by atoms with Gasteiger partial charge in [0.05, 0.1) is 6.54 Å². The van der Waals surface area contributed by atoms with Crippen LogP contribution in [0.25, 0.3) is 0 Å². The van der Waals surface area contributed by atoms with Crippen LogP contribution < -0.4 is 11.1 Å². The second-order valence-corrected chi connectivity index (χ2v) is 6.06. The zero-order valence-corrected chi connectivity index (χ0v) is 11.7. The van der Waals surface area contributed by atoms with Crippen molar-refractivity contribution in [3.63, 3.8) is 0 Å². The van der Waals surface area contributed by atoms with Crippen molar-refractivity contribution in [1.82, 2.24) is 0 Å². The second kappa shape index (κ2) is 6.14. The highest BCUT2D eigenvalue weighted by atomic mass is 32.2. The minimum absolute atomic E-state index is 0.322. The maximum Gasteiger partial charge on any atom is 0.193 e. The summed E-state index contributed by atoms with van der Waals surface area (Å²) in [7, 11) is 0. The molecule has 4 heteroatoms. The van der Waals surface area contributed by atoms with Crippen LogP contribution >= 0.6 is 11.8 Å². The molecule has 1 aliphatic carbocycles. The Morgan fingerprint density at radius 1 is 1.33 bits per heavy atom. The lowest BCUT2D eigenvalue weighted by Crippen LogP contribution is -2.29. The number of nitrogens with zero attached hydrogens (tertiary/aromatic N) is 1. The predicted octanol–water partition coefficient (Wildman–Crippen LogP) is 3.09. The Kier molecular flexibility index (Phi) is 4.53. The molecule has 1 fully saturated rings. The number of benzene rings is 1. The summed E-state index contributed by atoms with van der Waals surface area (Å²) in [6.45, 7) is 0.819. The van der Waals surface area contributed by atoms with Gasteiger partial charge in [-0.3, -0.25) is 4.99 Å². The highest BCUT2D eigenvalue weighted by Gasteiger charge is 2.32. The Balaban J connectivity index is 1.92. The monoisotopic (exact) mass is 263 g/mol. The molecule has 1 saturated carbocycles. The molecule has 1 aromatic carbocycles. The van der Waals surface area contributed by atoms with Crippen LogP contribution in [-0.4, -0.2) is 23.5 Å². The van der Waals surface area contributed by atoms with Gasteiger partial charge in [-0.05, 0) is 31.2 Å². The molecule has 0 atom stereocenters. The number of hydrogen-bond acceptors (Lipinski definition) is 2. The summed E-state index contributed by atoms with van der Waals surface area (Å²) in [5.41, 5.74) is 6.92. The number of hydrogen-bond donors (Lipinski definition) is 2. The summed E-state index contributed by atoms with van der Waals surface area (Å²) in [5.74, 6) is 0.515. The molecule has 1 aromatic rings. The van der Waals surface area contributed by atoms with Gasteiger partial charge in [-0.1, -0.05) is 31.0 Å². The van der Waals surface area contributed by atoms with Crippen LogP contribution in [-0.2, 0) is 0 Å². The van der Waals surface area contributed by atoms with Gasteiger partial charge in [0.2, 0.25) is 0 Å². The van der Waals surface area contributed by atoms with Gasteiger partial charge >= 0.3 is 0 Å². The molecule has 3 nitrogen and oxygen atoms in total. The largest absolute Gasteiger partial charge is 0.370 e. The Hall–Kier alpha value is -1.16. The molecular formula is C14H21N3S. The molecule has 3 N–H and O–H groups in total. The molecule has 2 rings (SSSR count). The van der Waals surface area contributed by atoms with Gasteiger partial charge in [0.1, 0.15) is 0 Å².